The molecule has 34 heavy (non-hydrogen) atoms. The van der Waals surface area contributed by atoms with Crippen LogP contribution in [0.4, 0.5) is 4.39 Å². The van der Waals surface area contributed by atoms with E-state index >= 15 is 0 Å². The van der Waals surface area contributed by atoms with Crippen molar-refractivity contribution >= 4 is 11.6 Å². The van der Waals surface area contributed by atoms with E-state index in [4.69, 9.17) is 11.0 Å². The van der Waals surface area contributed by atoms with E-state index in [1.807, 2.05) is 25.1 Å². The zero-order chi connectivity index (χ0) is 24.7. The quantitative estimate of drug-likeness (QED) is 0.607. The van der Waals surface area contributed by atoms with E-state index in [1.54, 1.807) is 28.8 Å². The lowest BCUT2D eigenvalue weighted by Crippen LogP contribution is -2.29. The molecule has 0 aliphatic heterocycles. The Hall–Kier alpha value is -3.50. The third-order valence-electron chi connectivity index (χ3n) is 5.82. The van der Waals surface area contributed by atoms with Crippen LogP contribution in [0.1, 0.15) is 61.5 Å². The van der Waals surface area contributed by atoms with Crippen molar-refractivity contribution in [3.05, 3.63) is 71.7 Å². The van der Waals surface area contributed by atoms with Crippen molar-refractivity contribution in [3.63, 3.8) is 0 Å². The third-order valence-corrected chi connectivity index (χ3v) is 5.82. The highest BCUT2D eigenvalue weighted by Gasteiger charge is 2.21. The first-order valence-corrected chi connectivity index (χ1v) is 11.7. The second-order valence-corrected chi connectivity index (χ2v) is 8.85. The van der Waals surface area contributed by atoms with Gasteiger partial charge in [0.1, 0.15) is 11.9 Å². The Morgan fingerprint density at radius 3 is 2.88 bits per heavy atom. The SMILES string of the molecule is C=C1/C=C(n2nc(C(=O)N(C)CCC[C@H](C)N)cc2-c2ccc(C#N)c(F)c2)\C=C/CCCC1. The molecule has 3 rings (SSSR count). The molecule has 1 amide bonds. The summed E-state index contributed by atoms with van der Waals surface area (Å²) in [4.78, 5) is 14.8. The molecule has 0 unspecified atom stereocenters. The molecule has 0 saturated carbocycles. The summed E-state index contributed by atoms with van der Waals surface area (Å²) in [7, 11) is 1.74. The number of nitrogens with zero attached hydrogens (tertiary/aromatic N) is 4. The molecule has 7 heteroatoms. The predicted molar refractivity (Wildman–Crippen MR) is 133 cm³/mol. The average Bonchev–Trinajstić information content (AvgIpc) is 3.27. The smallest absolute Gasteiger partial charge is 0.274 e. The zero-order valence-corrected chi connectivity index (χ0v) is 19.9. The van der Waals surface area contributed by atoms with E-state index < -0.39 is 5.82 Å². The van der Waals surface area contributed by atoms with Gasteiger partial charge < -0.3 is 10.6 Å². The first-order chi connectivity index (χ1) is 16.3. The maximum absolute atomic E-state index is 14.5. The van der Waals surface area contributed by atoms with E-state index in [2.05, 4.69) is 17.8 Å². The minimum atomic E-state index is -0.614. The van der Waals surface area contributed by atoms with Gasteiger partial charge in [0.25, 0.3) is 5.91 Å². The first kappa shape index (κ1) is 25.1. The van der Waals surface area contributed by atoms with E-state index in [-0.39, 0.29) is 23.2 Å². The molecule has 1 aromatic carbocycles. The number of aromatic nitrogens is 2. The van der Waals surface area contributed by atoms with Crippen LogP contribution in [0.3, 0.4) is 0 Å². The molecule has 1 heterocycles. The minimum absolute atomic E-state index is 0.0325. The number of nitrogens with two attached hydrogens (primary N) is 1. The van der Waals surface area contributed by atoms with Crippen LogP contribution in [0.2, 0.25) is 0 Å². The second kappa shape index (κ2) is 11.6. The van der Waals surface area contributed by atoms with Crippen LogP contribution in [0, 0.1) is 17.1 Å². The Morgan fingerprint density at radius 1 is 1.38 bits per heavy atom. The van der Waals surface area contributed by atoms with Gasteiger partial charge in [-0.05, 0) is 75.8 Å². The van der Waals surface area contributed by atoms with E-state index in [0.29, 0.717) is 17.8 Å². The summed E-state index contributed by atoms with van der Waals surface area (Å²) in [5, 5.41) is 13.7. The van der Waals surface area contributed by atoms with Crippen molar-refractivity contribution in [2.45, 2.75) is 51.5 Å². The van der Waals surface area contributed by atoms with Crippen molar-refractivity contribution in [2.24, 2.45) is 5.73 Å². The highest BCUT2D eigenvalue weighted by molar-refractivity contribution is 5.94. The van der Waals surface area contributed by atoms with Gasteiger partial charge in [-0.2, -0.15) is 10.4 Å². The van der Waals surface area contributed by atoms with E-state index in [1.165, 1.54) is 12.1 Å². The summed E-state index contributed by atoms with van der Waals surface area (Å²) in [5.74, 6) is -0.831. The molecule has 0 fully saturated rings. The largest absolute Gasteiger partial charge is 0.340 e. The molecule has 0 spiro atoms. The average molecular weight is 462 g/mol. The minimum Gasteiger partial charge on any atom is -0.340 e. The van der Waals surface area contributed by atoms with Gasteiger partial charge in [-0.3, -0.25) is 4.79 Å². The Bertz CT molecular complexity index is 1150. The monoisotopic (exact) mass is 461 g/mol. The van der Waals surface area contributed by atoms with Crippen molar-refractivity contribution in [2.75, 3.05) is 13.6 Å². The Balaban J connectivity index is 2.05. The number of hydrogen-bond acceptors (Lipinski definition) is 4. The summed E-state index contributed by atoms with van der Waals surface area (Å²) < 4.78 is 16.1. The number of amides is 1. The van der Waals surface area contributed by atoms with Crippen molar-refractivity contribution in [1.82, 2.24) is 14.7 Å². The summed E-state index contributed by atoms with van der Waals surface area (Å²) >= 11 is 0. The number of hydrogen-bond donors (Lipinski definition) is 1. The van der Waals surface area contributed by atoms with Gasteiger partial charge in [0, 0.05) is 25.2 Å². The van der Waals surface area contributed by atoms with Gasteiger partial charge in [-0.1, -0.05) is 24.3 Å². The zero-order valence-electron chi connectivity index (χ0n) is 19.9. The number of allylic oxidation sites excluding steroid dienone is 5. The summed E-state index contributed by atoms with van der Waals surface area (Å²) in [5.41, 5.74) is 8.88. The Kier molecular flexibility index (Phi) is 8.55. The number of carbonyl (C=O) groups excluding carboxylic acids is 1. The lowest BCUT2D eigenvalue weighted by atomic mass is 10.1. The van der Waals surface area contributed by atoms with Gasteiger partial charge in [-0.25, -0.2) is 9.07 Å². The molecule has 1 atom stereocenters. The summed E-state index contributed by atoms with van der Waals surface area (Å²) in [6.07, 6.45) is 11.5. The molecule has 1 aliphatic carbocycles. The maximum atomic E-state index is 14.5. The van der Waals surface area contributed by atoms with Crippen molar-refractivity contribution < 1.29 is 9.18 Å². The summed E-state index contributed by atoms with van der Waals surface area (Å²) in [6, 6.07) is 8.02. The van der Waals surface area contributed by atoms with Gasteiger partial charge >= 0.3 is 0 Å². The number of carbonyl (C=O) groups is 1. The molecule has 2 N–H and O–H groups in total. The fraction of sp³-hybridized carbons (Fsp3) is 0.370. The number of benzene rings is 1. The first-order valence-electron chi connectivity index (χ1n) is 11.7. The topological polar surface area (TPSA) is 87.9 Å². The van der Waals surface area contributed by atoms with Crippen LogP contribution in [0.25, 0.3) is 17.0 Å². The fourth-order valence-corrected chi connectivity index (χ4v) is 3.88. The highest BCUT2D eigenvalue weighted by Crippen LogP contribution is 2.28. The predicted octanol–water partition coefficient (Wildman–Crippen LogP) is 5.29. The molecule has 6 nitrogen and oxygen atoms in total. The molecule has 1 aliphatic rings. The molecule has 0 saturated heterocycles. The lowest BCUT2D eigenvalue weighted by Gasteiger charge is -2.16. The molecule has 178 valence electrons. The fourth-order valence-electron chi connectivity index (χ4n) is 3.88. The van der Waals surface area contributed by atoms with E-state index in [9.17, 15) is 9.18 Å². The number of rotatable bonds is 7. The Labute approximate surface area is 200 Å². The van der Waals surface area contributed by atoms with Crippen LogP contribution in [0.15, 0.2) is 54.6 Å². The molecule has 0 radical (unpaired) electrons. The Morgan fingerprint density at radius 2 is 2.18 bits per heavy atom. The second-order valence-electron chi connectivity index (χ2n) is 8.85. The van der Waals surface area contributed by atoms with Crippen LogP contribution < -0.4 is 5.73 Å². The molecule has 0 bridgehead atoms. The van der Waals surface area contributed by atoms with Crippen molar-refractivity contribution in [1.29, 1.82) is 5.26 Å². The van der Waals surface area contributed by atoms with Crippen LogP contribution >= 0.6 is 0 Å². The van der Waals surface area contributed by atoms with Gasteiger partial charge in [0.05, 0.1) is 17.0 Å². The van der Waals surface area contributed by atoms with E-state index in [0.717, 1.165) is 49.8 Å². The number of nitriles is 1. The molecular formula is C27H32FN5O. The van der Waals surface area contributed by atoms with Crippen LogP contribution in [0.5, 0.6) is 0 Å². The van der Waals surface area contributed by atoms with Crippen LogP contribution in [-0.2, 0) is 0 Å². The lowest BCUT2D eigenvalue weighted by molar-refractivity contribution is 0.0786. The highest BCUT2D eigenvalue weighted by atomic mass is 19.1. The summed E-state index contributed by atoms with van der Waals surface area (Å²) in [6.45, 7) is 6.66. The molecule has 2 aromatic rings. The third kappa shape index (κ3) is 6.30. The van der Waals surface area contributed by atoms with Gasteiger partial charge in [0.2, 0.25) is 0 Å². The molecule has 1 aromatic heterocycles. The van der Waals surface area contributed by atoms with Crippen molar-refractivity contribution in [3.8, 4) is 17.3 Å². The maximum Gasteiger partial charge on any atom is 0.274 e. The molecular weight excluding hydrogens is 429 g/mol. The van der Waals surface area contributed by atoms with Crippen LogP contribution in [-0.4, -0.2) is 40.2 Å². The van der Waals surface area contributed by atoms with Gasteiger partial charge in [-0.15, -0.1) is 0 Å². The van der Waals surface area contributed by atoms with Gasteiger partial charge in [0.15, 0.2) is 5.69 Å². The number of halogens is 1. The normalized spacial score (nSPS) is 17.5. The standard InChI is InChI=1S/C27H32FN5O/c1-19-9-6-4-5-7-11-23(15-19)33-26(21-12-13-22(18-29)24(28)16-21)17-25(31-33)27(34)32(3)14-8-10-20(2)30/h7,11-13,15-17,20H,1,4-6,8-10,14,30H2,2-3H3/b11-7-,23-15+/t20-/m0/s1.